The third-order valence-corrected chi connectivity index (χ3v) is 4.96. The lowest BCUT2D eigenvalue weighted by Gasteiger charge is -2.30. The smallest absolute Gasteiger partial charge is 0.357 e. The van der Waals surface area contributed by atoms with Gasteiger partial charge in [0, 0.05) is 18.2 Å². The van der Waals surface area contributed by atoms with Crippen molar-refractivity contribution in [3.8, 4) is 0 Å². The van der Waals surface area contributed by atoms with E-state index in [4.69, 9.17) is 4.74 Å². The van der Waals surface area contributed by atoms with E-state index in [2.05, 4.69) is 15.3 Å². The van der Waals surface area contributed by atoms with Crippen LogP contribution in [0.1, 0.15) is 47.6 Å². The molecule has 1 saturated carbocycles. The number of halogens is 1. The number of benzene rings is 1. The Labute approximate surface area is 157 Å². The molecule has 0 atom stereocenters. The van der Waals surface area contributed by atoms with Crippen LogP contribution in [0.15, 0.2) is 36.5 Å². The number of hydrogen-bond acceptors (Lipinski definition) is 5. The number of rotatable bonds is 6. The number of esters is 1. The zero-order valence-electron chi connectivity index (χ0n) is 15.2. The van der Waals surface area contributed by atoms with E-state index < -0.39 is 5.97 Å². The van der Waals surface area contributed by atoms with E-state index in [0.717, 1.165) is 31.2 Å². The standard InChI is InChI=1S/C20H22FN3O3/c1-14-22-11-8-17(24-14)19(26)27-12-18(25)23-13-20(9-2-3-10-20)15-4-6-16(21)7-5-15/h4-8,11H,2-3,9-10,12-13H2,1H3,(H,23,25). The third kappa shape index (κ3) is 4.67. The summed E-state index contributed by atoms with van der Waals surface area (Å²) in [6, 6.07) is 7.90. The van der Waals surface area contributed by atoms with Gasteiger partial charge in [0.05, 0.1) is 0 Å². The molecule has 2 aromatic rings. The number of carbonyl (C=O) groups excluding carboxylic acids is 2. The van der Waals surface area contributed by atoms with Gasteiger partial charge in [-0.05, 0) is 43.5 Å². The van der Waals surface area contributed by atoms with Crippen molar-refractivity contribution < 1.29 is 18.7 Å². The van der Waals surface area contributed by atoms with Crippen molar-refractivity contribution in [1.82, 2.24) is 15.3 Å². The maximum Gasteiger partial charge on any atom is 0.357 e. The third-order valence-electron chi connectivity index (χ3n) is 4.96. The molecule has 0 saturated heterocycles. The van der Waals surface area contributed by atoms with Gasteiger partial charge < -0.3 is 10.1 Å². The molecule has 3 rings (SSSR count). The largest absolute Gasteiger partial charge is 0.451 e. The molecule has 1 N–H and O–H groups in total. The van der Waals surface area contributed by atoms with Gasteiger partial charge in [-0.3, -0.25) is 4.79 Å². The first-order valence-corrected chi connectivity index (χ1v) is 8.98. The molecule has 6 nitrogen and oxygen atoms in total. The van der Waals surface area contributed by atoms with Gasteiger partial charge in [-0.25, -0.2) is 19.2 Å². The second-order valence-corrected chi connectivity index (χ2v) is 6.84. The van der Waals surface area contributed by atoms with Crippen LogP contribution < -0.4 is 5.32 Å². The van der Waals surface area contributed by atoms with Crippen molar-refractivity contribution >= 4 is 11.9 Å². The Kier molecular flexibility index (Phi) is 5.78. The Morgan fingerprint density at radius 1 is 1.19 bits per heavy atom. The van der Waals surface area contributed by atoms with Crippen molar-refractivity contribution in [2.45, 2.75) is 38.0 Å². The number of nitrogens with one attached hydrogen (secondary N) is 1. The lowest BCUT2D eigenvalue weighted by molar-refractivity contribution is -0.124. The summed E-state index contributed by atoms with van der Waals surface area (Å²) in [4.78, 5) is 32.0. The Bertz CT molecular complexity index is 817. The summed E-state index contributed by atoms with van der Waals surface area (Å²) in [5.74, 6) is -0.855. The van der Waals surface area contributed by atoms with Crippen molar-refractivity contribution in [3.05, 3.63) is 59.4 Å². The summed E-state index contributed by atoms with van der Waals surface area (Å²) in [5.41, 5.74) is 0.945. The number of aryl methyl sites for hydroxylation is 1. The maximum absolute atomic E-state index is 13.2. The fraction of sp³-hybridized carbons (Fsp3) is 0.400. The average molecular weight is 371 g/mol. The average Bonchev–Trinajstić information content (AvgIpc) is 3.15. The first-order valence-electron chi connectivity index (χ1n) is 8.98. The van der Waals surface area contributed by atoms with Crippen LogP contribution in [0.4, 0.5) is 4.39 Å². The van der Waals surface area contributed by atoms with Crippen LogP contribution in [0, 0.1) is 12.7 Å². The zero-order chi connectivity index (χ0) is 19.3. The predicted molar refractivity (Wildman–Crippen MR) is 96.6 cm³/mol. The van der Waals surface area contributed by atoms with Crippen molar-refractivity contribution in [2.24, 2.45) is 0 Å². The maximum atomic E-state index is 13.2. The van der Waals surface area contributed by atoms with Crippen LogP contribution in [0.5, 0.6) is 0 Å². The molecule has 1 amide bonds. The molecule has 7 heteroatoms. The molecule has 1 heterocycles. The first kappa shape index (κ1) is 18.9. The van der Waals surface area contributed by atoms with Gasteiger partial charge in [0.15, 0.2) is 12.3 Å². The molecule has 0 bridgehead atoms. The van der Waals surface area contributed by atoms with Crippen LogP contribution in [0.25, 0.3) is 0 Å². The molecule has 0 unspecified atom stereocenters. The molecule has 0 spiro atoms. The molecule has 27 heavy (non-hydrogen) atoms. The normalized spacial score (nSPS) is 15.3. The summed E-state index contributed by atoms with van der Waals surface area (Å²) in [7, 11) is 0. The molecule has 1 aliphatic carbocycles. The van der Waals surface area contributed by atoms with Gasteiger partial charge >= 0.3 is 5.97 Å². The highest BCUT2D eigenvalue weighted by molar-refractivity contribution is 5.89. The number of nitrogens with zero attached hydrogens (tertiary/aromatic N) is 2. The van der Waals surface area contributed by atoms with Crippen molar-refractivity contribution in [2.75, 3.05) is 13.2 Å². The minimum Gasteiger partial charge on any atom is -0.451 e. The van der Waals surface area contributed by atoms with E-state index in [1.807, 2.05) is 0 Å². The van der Waals surface area contributed by atoms with Gasteiger partial charge in [0.1, 0.15) is 11.6 Å². The number of carbonyl (C=O) groups is 2. The quantitative estimate of drug-likeness (QED) is 0.790. The summed E-state index contributed by atoms with van der Waals surface area (Å²) < 4.78 is 18.2. The molecule has 0 aliphatic heterocycles. The van der Waals surface area contributed by atoms with Gasteiger partial charge in [-0.1, -0.05) is 25.0 Å². The van der Waals surface area contributed by atoms with Gasteiger partial charge in [0.25, 0.3) is 5.91 Å². The summed E-state index contributed by atoms with van der Waals surface area (Å²) in [5, 5.41) is 2.85. The summed E-state index contributed by atoms with van der Waals surface area (Å²) >= 11 is 0. The van der Waals surface area contributed by atoms with Gasteiger partial charge in [-0.2, -0.15) is 0 Å². The predicted octanol–water partition coefficient (Wildman–Crippen LogP) is 2.71. The van der Waals surface area contributed by atoms with Crippen molar-refractivity contribution in [3.63, 3.8) is 0 Å². The second-order valence-electron chi connectivity index (χ2n) is 6.84. The van der Waals surface area contributed by atoms with Crippen LogP contribution in [-0.2, 0) is 14.9 Å². The zero-order valence-corrected chi connectivity index (χ0v) is 15.2. The van der Waals surface area contributed by atoms with E-state index >= 15 is 0 Å². The SMILES string of the molecule is Cc1nccc(C(=O)OCC(=O)NCC2(c3ccc(F)cc3)CCCC2)n1. The first-order chi connectivity index (χ1) is 13.0. The Hall–Kier alpha value is -2.83. The monoisotopic (exact) mass is 371 g/mol. The van der Waals surface area contributed by atoms with E-state index in [1.54, 1.807) is 19.1 Å². The topological polar surface area (TPSA) is 81.2 Å². The number of amides is 1. The second kappa shape index (κ2) is 8.24. The highest BCUT2D eigenvalue weighted by atomic mass is 19.1. The fourth-order valence-corrected chi connectivity index (χ4v) is 3.52. The lowest BCUT2D eigenvalue weighted by Crippen LogP contribution is -2.40. The Morgan fingerprint density at radius 2 is 1.89 bits per heavy atom. The Balaban J connectivity index is 1.55. The molecular weight excluding hydrogens is 349 g/mol. The van der Waals surface area contributed by atoms with E-state index in [1.165, 1.54) is 24.4 Å². The summed E-state index contributed by atoms with van der Waals surface area (Å²) in [6.45, 7) is 1.73. The van der Waals surface area contributed by atoms with Gasteiger partial charge in [0.2, 0.25) is 0 Å². The molecular formula is C20H22FN3O3. The number of hydrogen-bond donors (Lipinski definition) is 1. The highest BCUT2D eigenvalue weighted by Gasteiger charge is 2.35. The van der Waals surface area contributed by atoms with Crippen LogP contribution in [0.2, 0.25) is 0 Å². The fourth-order valence-electron chi connectivity index (χ4n) is 3.52. The molecule has 1 aromatic heterocycles. The minimum absolute atomic E-state index is 0.119. The summed E-state index contributed by atoms with van der Waals surface area (Å²) in [6.07, 6.45) is 5.45. The van der Waals surface area contributed by atoms with E-state index in [9.17, 15) is 14.0 Å². The molecule has 1 aliphatic rings. The van der Waals surface area contributed by atoms with Crippen LogP contribution >= 0.6 is 0 Å². The molecule has 142 valence electrons. The van der Waals surface area contributed by atoms with Crippen LogP contribution in [-0.4, -0.2) is 35.0 Å². The Morgan fingerprint density at radius 3 is 2.56 bits per heavy atom. The molecule has 0 radical (unpaired) electrons. The van der Waals surface area contributed by atoms with Gasteiger partial charge in [-0.15, -0.1) is 0 Å². The highest BCUT2D eigenvalue weighted by Crippen LogP contribution is 2.40. The van der Waals surface area contributed by atoms with Crippen molar-refractivity contribution in [1.29, 1.82) is 0 Å². The number of aromatic nitrogens is 2. The minimum atomic E-state index is -0.662. The molecule has 1 aromatic carbocycles. The van der Waals surface area contributed by atoms with Crippen LogP contribution in [0.3, 0.4) is 0 Å². The lowest BCUT2D eigenvalue weighted by atomic mass is 9.79. The number of ether oxygens (including phenoxy) is 1. The van der Waals surface area contributed by atoms with E-state index in [-0.39, 0.29) is 29.4 Å². The van der Waals surface area contributed by atoms with E-state index in [0.29, 0.717) is 12.4 Å². The molecule has 1 fully saturated rings.